The van der Waals surface area contributed by atoms with E-state index in [1.807, 2.05) is 30.3 Å². The Hall–Kier alpha value is -1.75. The minimum Gasteiger partial charge on any atom is -0.450 e. The van der Waals surface area contributed by atoms with Crippen LogP contribution in [0.5, 0.6) is 0 Å². The van der Waals surface area contributed by atoms with Gasteiger partial charge in [-0.2, -0.15) is 0 Å². The van der Waals surface area contributed by atoms with Crippen LogP contribution in [-0.2, 0) is 9.53 Å². The molecule has 0 aromatic heterocycles. The lowest BCUT2D eigenvalue weighted by Gasteiger charge is -2.19. The Bertz CT molecular complexity index is 476. The normalized spacial score (nSPS) is 13.0. The maximum Gasteiger partial charge on any atom is 0.407 e. The standard InChI is InChI=1S/C16H21NO3S/c1-4-9-14(21-13-10-7-6-8-11-13)15(18)12(3)17-16(19)20-5-2/h4,6-8,10-12,14H,1,5,9H2,2-3H3,(H,17,19)/t12-,14?/m0/s1. The number of rotatable bonds is 8. The SMILES string of the molecule is C=CCC(Sc1ccccc1)C(=O)[C@H](C)NC(=O)OCC. The number of hydrogen-bond acceptors (Lipinski definition) is 4. The monoisotopic (exact) mass is 307 g/mol. The molecule has 0 fully saturated rings. The molecule has 21 heavy (non-hydrogen) atoms. The van der Waals surface area contributed by atoms with Crippen molar-refractivity contribution in [3.05, 3.63) is 43.0 Å². The number of allylic oxidation sites excluding steroid dienone is 1. The summed E-state index contributed by atoms with van der Waals surface area (Å²) in [5.41, 5.74) is 0. The summed E-state index contributed by atoms with van der Waals surface area (Å²) in [5, 5.41) is 2.27. The molecule has 1 rings (SSSR count). The van der Waals surface area contributed by atoms with Gasteiger partial charge in [0.1, 0.15) is 0 Å². The average Bonchev–Trinajstić information content (AvgIpc) is 2.47. The maximum atomic E-state index is 12.4. The molecule has 1 aromatic rings. The van der Waals surface area contributed by atoms with Crippen molar-refractivity contribution in [1.29, 1.82) is 0 Å². The van der Waals surface area contributed by atoms with Crippen LogP contribution < -0.4 is 5.32 Å². The summed E-state index contributed by atoms with van der Waals surface area (Å²) in [5.74, 6) is -0.0446. The molecule has 5 heteroatoms. The zero-order valence-corrected chi connectivity index (χ0v) is 13.2. The van der Waals surface area contributed by atoms with Crippen LogP contribution in [0.4, 0.5) is 4.79 Å². The Balaban J connectivity index is 2.68. The predicted octanol–water partition coefficient (Wildman–Crippen LogP) is 3.43. The number of benzene rings is 1. The van der Waals surface area contributed by atoms with E-state index in [0.29, 0.717) is 6.42 Å². The highest BCUT2D eigenvalue weighted by molar-refractivity contribution is 8.00. The molecule has 114 valence electrons. The van der Waals surface area contributed by atoms with Crippen LogP contribution in [0.1, 0.15) is 20.3 Å². The van der Waals surface area contributed by atoms with E-state index in [1.54, 1.807) is 19.9 Å². The molecule has 0 saturated heterocycles. The molecule has 2 atom stereocenters. The van der Waals surface area contributed by atoms with E-state index in [9.17, 15) is 9.59 Å². The Morgan fingerprint density at radius 3 is 2.62 bits per heavy atom. The van der Waals surface area contributed by atoms with Crippen LogP contribution in [-0.4, -0.2) is 29.8 Å². The van der Waals surface area contributed by atoms with Crippen molar-refractivity contribution >= 4 is 23.6 Å². The Morgan fingerprint density at radius 2 is 2.05 bits per heavy atom. The summed E-state index contributed by atoms with van der Waals surface area (Å²) in [6.07, 6.45) is 1.70. The first-order valence-electron chi connectivity index (χ1n) is 6.88. The van der Waals surface area contributed by atoms with Gasteiger partial charge in [-0.3, -0.25) is 4.79 Å². The number of alkyl carbamates (subject to hydrolysis) is 1. The zero-order chi connectivity index (χ0) is 15.7. The number of thioether (sulfide) groups is 1. The molecular weight excluding hydrogens is 286 g/mol. The van der Waals surface area contributed by atoms with Gasteiger partial charge in [-0.15, -0.1) is 18.3 Å². The third kappa shape index (κ3) is 6.04. The van der Waals surface area contributed by atoms with Crippen molar-refractivity contribution in [2.24, 2.45) is 0 Å². The van der Waals surface area contributed by atoms with E-state index >= 15 is 0 Å². The minimum atomic E-state index is -0.592. The van der Waals surface area contributed by atoms with Gasteiger partial charge in [-0.1, -0.05) is 24.3 Å². The highest BCUT2D eigenvalue weighted by Gasteiger charge is 2.25. The third-order valence-corrected chi connectivity index (χ3v) is 4.01. The number of carbonyl (C=O) groups is 2. The van der Waals surface area contributed by atoms with Crippen LogP contribution in [0.25, 0.3) is 0 Å². The summed E-state index contributed by atoms with van der Waals surface area (Å²) in [6.45, 7) is 7.36. The Kier molecular flexibility index (Phi) is 7.61. The fourth-order valence-corrected chi connectivity index (χ4v) is 2.93. The lowest BCUT2D eigenvalue weighted by molar-refractivity contribution is -0.120. The first-order valence-corrected chi connectivity index (χ1v) is 7.76. The van der Waals surface area contributed by atoms with E-state index < -0.39 is 12.1 Å². The molecule has 1 aromatic carbocycles. The van der Waals surface area contributed by atoms with Crippen LogP contribution in [0.15, 0.2) is 47.9 Å². The third-order valence-electron chi connectivity index (χ3n) is 2.76. The molecule has 0 aliphatic carbocycles. The van der Waals surface area contributed by atoms with E-state index in [4.69, 9.17) is 4.74 Å². The summed E-state index contributed by atoms with van der Waals surface area (Å²) in [7, 11) is 0. The lowest BCUT2D eigenvalue weighted by Crippen LogP contribution is -2.42. The van der Waals surface area contributed by atoms with Crippen LogP contribution >= 0.6 is 11.8 Å². The van der Waals surface area contributed by atoms with Gasteiger partial charge in [0.25, 0.3) is 0 Å². The highest BCUT2D eigenvalue weighted by atomic mass is 32.2. The van der Waals surface area contributed by atoms with Crippen molar-refractivity contribution in [2.45, 2.75) is 36.5 Å². The van der Waals surface area contributed by atoms with Gasteiger partial charge >= 0.3 is 6.09 Å². The summed E-state index contributed by atoms with van der Waals surface area (Å²) < 4.78 is 4.79. The van der Waals surface area contributed by atoms with Crippen molar-refractivity contribution in [1.82, 2.24) is 5.32 Å². The fourth-order valence-electron chi connectivity index (χ4n) is 1.74. The van der Waals surface area contributed by atoms with E-state index in [2.05, 4.69) is 11.9 Å². The molecule has 0 bridgehead atoms. The average molecular weight is 307 g/mol. The topological polar surface area (TPSA) is 55.4 Å². The number of nitrogens with one attached hydrogen (secondary N) is 1. The second-order valence-corrected chi connectivity index (χ2v) is 5.71. The molecule has 0 saturated carbocycles. The van der Waals surface area contributed by atoms with Crippen molar-refractivity contribution < 1.29 is 14.3 Å². The molecule has 1 unspecified atom stereocenters. The number of Topliss-reactive ketones (excluding diaryl/α,β-unsaturated/α-hetero) is 1. The van der Waals surface area contributed by atoms with Crippen molar-refractivity contribution in [3.8, 4) is 0 Å². The molecule has 0 heterocycles. The van der Waals surface area contributed by atoms with Gasteiger partial charge in [-0.05, 0) is 32.4 Å². The summed E-state index contributed by atoms with van der Waals surface area (Å²) in [4.78, 5) is 24.8. The first kappa shape index (κ1) is 17.3. The van der Waals surface area contributed by atoms with E-state index in [1.165, 1.54) is 11.8 Å². The molecule has 0 aliphatic heterocycles. The Morgan fingerprint density at radius 1 is 1.38 bits per heavy atom. The largest absolute Gasteiger partial charge is 0.450 e. The number of hydrogen-bond donors (Lipinski definition) is 1. The van der Waals surface area contributed by atoms with Crippen LogP contribution in [0.2, 0.25) is 0 Å². The van der Waals surface area contributed by atoms with Crippen LogP contribution in [0.3, 0.4) is 0 Å². The van der Waals surface area contributed by atoms with Gasteiger partial charge in [0.05, 0.1) is 17.9 Å². The number of amides is 1. The fraction of sp³-hybridized carbons (Fsp3) is 0.375. The number of carbonyl (C=O) groups excluding carboxylic acids is 2. The quantitative estimate of drug-likeness (QED) is 0.590. The van der Waals surface area contributed by atoms with Crippen LogP contribution in [0, 0.1) is 0 Å². The predicted molar refractivity (Wildman–Crippen MR) is 85.5 cm³/mol. The molecule has 0 radical (unpaired) electrons. The van der Waals surface area contributed by atoms with Crippen molar-refractivity contribution in [3.63, 3.8) is 0 Å². The second-order valence-electron chi connectivity index (χ2n) is 4.43. The van der Waals surface area contributed by atoms with Gasteiger partial charge in [0.15, 0.2) is 5.78 Å². The van der Waals surface area contributed by atoms with Gasteiger partial charge < -0.3 is 10.1 Å². The zero-order valence-electron chi connectivity index (χ0n) is 12.4. The molecule has 4 nitrogen and oxygen atoms in total. The number of ketones is 1. The lowest BCUT2D eigenvalue weighted by atomic mass is 10.1. The second kappa shape index (κ2) is 9.23. The molecule has 1 N–H and O–H groups in total. The smallest absolute Gasteiger partial charge is 0.407 e. The van der Waals surface area contributed by atoms with Gasteiger partial charge in [-0.25, -0.2) is 4.79 Å². The summed E-state index contributed by atoms with van der Waals surface area (Å²) >= 11 is 1.48. The van der Waals surface area contributed by atoms with E-state index in [0.717, 1.165) is 4.90 Å². The summed E-state index contributed by atoms with van der Waals surface area (Å²) in [6, 6.07) is 9.11. The first-order chi connectivity index (χ1) is 10.1. The van der Waals surface area contributed by atoms with Crippen molar-refractivity contribution in [2.75, 3.05) is 6.61 Å². The van der Waals surface area contributed by atoms with Gasteiger partial charge in [0, 0.05) is 4.90 Å². The molecule has 0 aliphatic rings. The molecular formula is C16H21NO3S. The molecule has 1 amide bonds. The van der Waals surface area contributed by atoms with E-state index in [-0.39, 0.29) is 17.6 Å². The minimum absolute atomic E-state index is 0.0446. The number of ether oxygens (including phenoxy) is 1. The molecule has 0 spiro atoms. The maximum absolute atomic E-state index is 12.4. The van der Waals surface area contributed by atoms with Gasteiger partial charge in [0.2, 0.25) is 0 Å². The highest BCUT2D eigenvalue weighted by Crippen LogP contribution is 2.26. The Labute approximate surface area is 130 Å².